The first-order valence-electron chi connectivity index (χ1n) is 8.71. The van der Waals surface area contributed by atoms with Gasteiger partial charge in [0.15, 0.2) is 0 Å². The number of rotatable bonds is 4. The Morgan fingerprint density at radius 1 is 1.12 bits per heavy atom. The lowest BCUT2D eigenvalue weighted by Crippen LogP contribution is -2.40. The molecule has 6 nitrogen and oxygen atoms in total. The molecule has 0 spiro atoms. The average molecular weight is 331 g/mol. The first kappa shape index (κ1) is 16.9. The van der Waals surface area contributed by atoms with Crippen LogP contribution < -0.4 is 16.4 Å². The number of amides is 2. The summed E-state index contributed by atoms with van der Waals surface area (Å²) in [7, 11) is 0. The standard InChI is InChI=1S/C18H25N3O3/c19-13-6-8-14(9-7-13)20-17(22)12-3-1-4-15(11-12)21-18(23)16-5-2-10-24-16/h1,3-4,11,13-14,16H,2,5-10,19H2,(H,20,22)(H,21,23). The number of nitrogens with one attached hydrogen (secondary N) is 2. The number of carbonyl (C=O) groups excluding carboxylic acids is 2. The summed E-state index contributed by atoms with van der Waals surface area (Å²) in [6.45, 7) is 0.631. The lowest BCUT2D eigenvalue weighted by atomic mass is 9.91. The second-order valence-corrected chi connectivity index (χ2v) is 6.66. The molecule has 1 saturated heterocycles. The maximum absolute atomic E-state index is 12.4. The van der Waals surface area contributed by atoms with Gasteiger partial charge in [-0.25, -0.2) is 0 Å². The summed E-state index contributed by atoms with van der Waals surface area (Å²) in [5.41, 5.74) is 7.06. The van der Waals surface area contributed by atoms with Crippen molar-refractivity contribution in [2.75, 3.05) is 11.9 Å². The van der Waals surface area contributed by atoms with Gasteiger partial charge in [-0.15, -0.1) is 0 Å². The van der Waals surface area contributed by atoms with Crippen molar-refractivity contribution in [1.82, 2.24) is 5.32 Å². The summed E-state index contributed by atoms with van der Waals surface area (Å²) >= 11 is 0. The van der Waals surface area contributed by atoms with Crippen LogP contribution in [0.1, 0.15) is 48.9 Å². The minimum atomic E-state index is -0.381. The van der Waals surface area contributed by atoms with E-state index in [0.29, 0.717) is 17.9 Å². The summed E-state index contributed by atoms with van der Waals surface area (Å²) in [6.07, 6.45) is 5.01. The molecule has 6 heteroatoms. The van der Waals surface area contributed by atoms with Crippen LogP contribution in [0.4, 0.5) is 5.69 Å². The molecule has 2 amide bonds. The Bertz CT molecular complexity index is 591. The van der Waals surface area contributed by atoms with E-state index in [-0.39, 0.29) is 30.0 Å². The quantitative estimate of drug-likeness (QED) is 0.784. The lowest BCUT2D eigenvalue weighted by molar-refractivity contribution is -0.124. The predicted molar refractivity (Wildman–Crippen MR) is 91.7 cm³/mol. The fourth-order valence-corrected chi connectivity index (χ4v) is 3.28. The average Bonchev–Trinajstić information content (AvgIpc) is 3.12. The summed E-state index contributed by atoms with van der Waals surface area (Å²) in [5.74, 6) is -0.255. The molecule has 0 bridgehead atoms. The Hall–Kier alpha value is -1.92. The van der Waals surface area contributed by atoms with Crippen LogP contribution in [-0.2, 0) is 9.53 Å². The van der Waals surface area contributed by atoms with E-state index >= 15 is 0 Å². The number of carbonyl (C=O) groups is 2. The second kappa shape index (κ2) is 7.77. The van der Waals surface area contributed by atoms with Crippen molar-refractivity contribution in [1.29, 1.82) is 0 Å². The van der Waals surface area contributed by atoms with Crippen LogP contribution in [-0.4, -0.2) is 36.6 Å². The molecule has 1 aromatic rings. The molecule has 3 rings (SSSR count). The number of nitrogens with two attached hydrogens (primary N) is 1. The zero-order valence-corrected chi connectivity index (χ0v) is 13.8. The lowest BCUT2D eigenvalue weighted by Gasteiger charge is -2.26. The van der Waals surface area contributed by atoms with E-state index in [2.05, 4.69) is 10.6 Å². The molecule has 1 aliphatic carbocycles. The normalized spacial score (nSPS) is 26.8. The summed E-state index contributed by atoms with van der Waals surface area (Å²) in [5, 5.41) is 5.89. The van der Waals surface area contributed by atoms with Gasteiger partial charge in [-0.3, -0.25) is 9.59 Å². The molecule has 1 atom stereocenters. The zero-order chi connectivity index (χ0) is 16.9. The monoisotopic (exact) mass is 331 g/mol. The summed E-state index contributed by atoms with van der Waals surface area (Å²) < 4.78 is 5.37. The highest BCUT2D eigenvalue weighted by Crippen LogP contribution is 2.19. The van der Waals surface area contributed by atoms with Crippen molar-refractivity contribution in [2.45, 2.75) is 56.7 Å². The Labute approximate surface area is 142 Å². The molecule has 130 valence electrons. The van der Waals surface area contributed by atoms with Gasteiger partial charge >= 0.3 is 0 Å². The van der Waals surface area contributed by atoms with Crippen molar-refractivity contribution in [3.05, 3.63) is 29.8 Å². The molecule has 2 fully saturated rings. The van der Waals surface area contributed by atoms with E-state index in [0.717, 1.165) is 38.5 Å². The van der Waals surface area contributed by atoms with Gasteiger partial charge in [0.1, 0.15) is 6.10 Å². The number of benzene rings is 1. The second-order valence-electron chi connectivity index (χ2n) is 6.66. The SMILES string of the molecule is NC1CCC(NC(=O)c2cccc(NC(=O)C3CCCO3)c2)CC1. The number of ether oxygens (including phenoxy) is 1. The van der Waals surface area contributed by atoms with Gasteiger partial charge < -0.3 is 21.1 Å². The highest BCUT2D eigenvalue weighted by Gasteiger charge is 2.24. The minimum Gasteiger partial charge on any atom is -0.368 e. The Balaban J connectivity index is 1.57. The van der Waals surface area contributed by atoms with E-state index in [9.17, 15) is 9.59 Å². The molecular formula is C18H25N3O3. The highest BCUT2D eigenvalue weighted by molar-refractivity contribution is 5.98. The topological polar surface area (TPSA) is 93.5 Å². The fraction of sp³-hybridized carbons (Fsp3) is 0.556. The van der Waals surface area contributed by atoms with Crippen molar-refractivity contribution in [3.63, 3.8) is 0 Å². The Kier molecular flexibility index (Phi) is 5.48. The van der Waals surface area contributed by atoms with Gasteiger partial charge in [0.25, 0.3) is 11.8 Å². The number of anilines is 1. The summed E-state index contributed by atoms with van der Waals surface area (Å²) in [4.78, 5) is 24.5. The third-order valence-corrected chi connectivity index (χ3v) is 4.72. The predicted octanol–water partition coefficient (Wildman–Crippen LogP) is 1.80. The molecular weight excluding hydrogens is 306 g/mol. The molecule has 2 aliphatic rings. The molecule has 1 heterocycles. The highest BCUT2D eigenvalue weighted by atomic mass is 16.5. The molecule has 0 radical (unpaired) electrons. The van der Waals surface area contributed by atoms with Gasteiger partial charge in [-0.2, -0.15) is 0 Å². The van der Waals surface area contributed by atoms with E-state index in [4.69, 9.17) is 10.5 Å². The summed E-state index contributed by atoms with van der Waals surface area (Å²) in [6, 6.07) is 7.46. The molecule has 0 aromatic heterocycles. The van der Waals surface area contributed by atoms with Crippen LogP contribution in [0.3, 0.4) is 0 Å². The number of hydrogen-bond donors (Lipinski definition) is 3. The van der Waals surface area contributed by atoms with E-state index < -0.39 is 0 Å². The maximum atomic E-state index is 12.4. The van der Waals surface area contributed by atoms with E-state index in [1.54, 1.807) is 24.3 Å². The van der Waals surface area contributed by atoms with Gasteiger partial charge in [0.2, 0.25) is 0 Å². The van der Waals surface area contributed by atoms with Crippen LogP contribution in [0.5, 0.6) is 0 Å². The third kappa shape index (κ3) is 4.33. The molecule has 24 heavy (non-hydrogen) atoms. The number of hydrogen-bond acceptors (Lipinski definition) is 4. The van der Waals surface area contributed by atoms with Crippen LogP contribution in [0.25, 0.3) is 0 Å². The van der Waals surface area contributed by atoms with Crippen molar-refractivity contribution in [3.8, 4) is 0 Å². The van der Waals surface area contributed by atoms with Gasteiger partial charge in [-0.05, 0) is 56.7 Å². The third-order valence-electron chi connectivity index (χ3n) is 4.72. The van der Waals surface area contributed by atoms with Crippen LogP contribution >= 0.6 is 0 Å². The smallest absolute Gasteiger partial charge is 0.253 e. The molecule has 4 N–H and O–H groups in total. The van der Waals surface area contributed by atoms with Gasteiger partial charge in [-0.1, -0.05) is 6.07 Å². The largest absolute Gasteiger partial charge is 0.368 e. The van der Waals surface area contributed by atoms with Crippen LogP contribution in [0.15, 0.2) is 24.3 Å². The van der Waals surface area contributed by atoms with Crippen molar-refractivity contribution < 1.29 is 14.3 Å². The molecule has 1 aliphatic heterocycles. The van der Waals surface area contributed by atoms with Crippen molar-refractivity contribution >= 4 is 17.5 Å². The van der Waals surface area contributed by atoms with Gasteiger partial charge in [0.05, 0.1) is 0 Å². The van der Waals surface area contributed by atoms with Crippen LogP contribution in [0.2, 0.25) is 0 Å². The minimum absolute atomic E-state index is 0.108. The van der Waals surface area contributed by atoms with E-state index in [1.807, 2.05) is 0 Å². The van der Waals surface area contributed by atoms with Gasteiger partial charge in [0, 0.05) is 29.9 Å². The van der Waals surface area contributed by atoms with Crippen LogP contribution in [0, 0.1) is 0 Å². The first-order valence-corrected chi connectivity index (χ1v) is 8.71. The van der Waals surface area contributed by atoms with E-state index in [1.165, 1.54) is 0 Å². The maximum Gasteiger partial charge on any atom is 0.253 e. The van der Waals surface area contributed by atoms with Crippen molar-refractivity contribution in [2.24, 2.45) is 5.73 Å². The molecule has 1 saturated carbocycles. The zero-order valence-electron chi connectivity index (χ0n) is 13.8. The Morgan fingerprint density at radius 3 is 2.62 bits per heavy atom. The molecule has 1 unspecified atom stereocenters. The fourth-order valence-electron chi connectivity index (χ4n) is 3.28. The first-order chi connectivity index (χ1) is 11.6. The molecule has 1 aromatic carbocycles. The Morgan fingerprint density at radius 2 is 1.92 bits per heavy atom.